The van der Waals surface area contributed by atoms with Crippen LogP contribution in [0.15, 0.2) is 11.6 Å². The van der Waals surface area contributed by atoms with E-state index in [1.165, 1.54) is 37.7 Å². The number of rotatable bonds is 1. The van der Waals surface area contributed by atoms with Crippen LogP contribution >= 0.6 is 0 Å². The van der Waals surface area contributed by atoms with Crippen molar-refractivity contribution in [3.63, 3.8) is 0 Å². The monoisotopic (exact) mass is 318 g/mol. The fourth-order valence-electron chi connectivity index (χ4n) is 6.92. The molecule has 0 aromatic carbocycles. The lowest BCUT2D eigenvalue weighted by atomic mass is 9.46. The SMILES string of the molecule is C.C[C@H]1CCC2C3CCC4=CC(=O)CC[C@]4(CO)C3CC[C@@]21C. The highest BCUT2D eigenvalue weighted by Crippen LogP contribution is 2.66. The predicted molar refractivity (Wildman–Crippen MR) is 94.0 cm³/mol. The number of carbonyl (C=O) groups is 1. The van der Waals surface area contributed by atoms with Crippen LogP contribution in [0.2, 0.25) is 0 Å². The van der Waals surface area contributed by atoms with Crippen molar-refractivity contribution in [3.8, 4) is 0 Å². The lowest BCUT2D eigenvalue weighted by Crippen LogP contribution is -2.52. The Bertz CT molecular complexity index is 522. The fourth-order valence-corrected chi connectivity index (χ4v) is 6.92. The second-order valence-electron chi connectivity index (χ2n) is 8.89. The van der Waals surface area contributed by atoms with Crippen molar-refractivity contribution in [1.82, 2.24) is 0 Å². The van der Waals surface area contributed by atoms with E-state index >= 15 is 0 Å². The number of aliphatic hydroxyl groups excluding tert-OH is 1. The van der Waals surface area contributed by atoms with E-state index in [1.807, 2.05) is 6.08 Å². The highest BCUT2D eigenvalue weighted by atomic mass is 16.3. The van der Waals surface area contributed by atoms with Crippen LogP contribution in [0.1, 0.15) is 72.6 Å². The molecule has 4 aliphatic rings. The Morgan fingerprint density at radius 2 is 1.91 bits per heavy atom. The van der Waals surface area contributed by atoms with Crippen molar-refractivity contribution in [2.24, 2.45) is 34.5 Å². The number of aliphatic hydroxyl groups is 1. The minimum absolute atomic E-state index is 0. The van der Waals surface area contributed by atoms with Gasteiger partial charge in [-0.2, -0.15) is 0 Å². The molecule has 4 rings (SSSR count). The summed E-state index contributed by atoms with van der Waals surface area (Å²) in [5.41, 5.74) is 1.77. The first-order chi connectivity index (χ1) is 10.5. The zero-order valence-electron chi connectivity index (χ0n) is 14.1. The lowest BCUT2D eigenvalue weighted by molar-refractivity contribution is -0.119. The molecule has 2 nitrogen and oxygen atoms in total. The van der Waals surface area contributed by atoms with E-state index in [4.69, 9.17) is 0 Å². The van der Waals surface area contributed by atoms with Gasteiger partial charge in [-0.25, -0.2) is 0 Å². The summed E-state index contributed by atoms with van der Waals surface area (Å²) in [5, 5.41) is 10.3. The summed E-state index contributed by atoms with van der Waals surface area (Å²) in [4.78, 5) is 11.9. The molecule has 23 heavy (non-hydrogen) atoms. The summed E-state index contributed by atoms with van der Waals surface area (Å²) in [7, 11) is 0. The van der Waals surface area contributed by atoms with Crippen molar-refractivity contribution >= 4 is 5.78 Å². The molecule has 0 aromatic heterocycles. The summed E-state index contributed by atoms with van der Waals surface area (Å²) in [6.45, 7) is 5.24. The molecule has 3 unspecified atom stereocenters. The number of hydrogen-bond acceptors (Lipinski definition) is 2. The van der Waals surface area contributed by atoms with Gasteiger partial charge in [0.25, 0.3) is 0 Å². The van der Waals surface area contributed by atoms with E-state index in [0.29, 0.717) is 17.8 Å². The molecule has 0 bridgehead atoms. The molecular weight excluding hydrogens is 284 g/mol. The van der Waals surface area contributed by atoms with Gasteiger partial charge in [0.05, 0.1) is 6.61 Å². The van der Waals surface area contributed by atoms with Crippen LogP contribution in [0.5, 0.6) is 0 Å². The Hall–Kier alpha value is -0.630. The Morgan fingerprint density at radius 1 is 1.13 bits per heavy atom. The molecular formula is C21H34O2. The molecule has 1 N–H and O–H groups in total. The van der Waals surface area contributed by atoms with Crippen LogP contribution in [0.25, 0.3) is 0 Å². The third kappa shape index (κ3) is 2.20. The summed E-state index contributed by atoms with van der Waals surface area (Å²) >= 11 is 0. The van der Waals surface area contributed by atoms with E-state index in [1.54, 1.807) is 0 Å². The van der Waals surface area contributed by atoms with Gasteiger partial charge >= 0.3 is 0 Å². The van der Waals surface area contributed by atoms with Crippen molar-refractivity contribution in [1.29, 1.82) is 0 Å². The quantitative estimate of drug-likeness (QED) is 0.756. The zero-order valence-corrected chi connectivity index (χ0v) is 14.1. The number of carbonyl (C=O) groups excluding carboxylic acids is 1. The normalized spacial score (nSPS) is 48.7. The van der Waals surface area contributed by atoms with E-state index < -0.39 is 0 Å². The third-order valence-corrected chi connectivity index (χ3v) is 8.44. The van der Waals surface area contributed by atoms with Crippen LogP contribution in [-0.4, -0.2) is 17.5 Å². The topological polar surface area (TPSA) is 37.3 Å². The molecule has 130 valence electrons. The summed E-state index contributed by atoms with van der Waals surface area (Å²) in [6, 6.07) is 0. The Morgan fingerprint density at radius 3 is 2.65 bits per heavy atom. The number of fused-ring (bicyclic) bond motifs is 5. The van der Waals surface area contributed by atoms with Gasteiger partial charge in [-0.1, -0.05) is 26.8 Å². The molecule has 0 heterocycles. The predicted octanol–water partition coefficient (Wildman–Crippen LogP) is 4.76. The first-order valence-corrected chi connectivity index (χ1v) is 9.36. The van der Waals surface area contributed by atoms with Gasteiger partial charge in [0.2, 0.25) is 0 Å². The van der Waals surface area contributed by atoms with Crippen LogP contribution in [0, 0.1) is 34.5 Å². The minimum Gasteiger partial charge on any atom is -0.395 e. The maximum Gasteiger partial charge on any atom is 0.155 e. The molecule has 3 fully saturated rings. The Labute approximate surface area is 141 Å². The van der Waals surface area contributed by atoms with Crippen LogP contribution in [0.3, 0.4) is 0 Å². The largest absolute Gasteiger partial charge is 0.395 e. The maximum absolute atomic E-state index is 11.9. The highest BCUT2D eigenvalue weighted by Gasteiger charge is 2.59. The number of ketones is 1. The van der Waals surface area contributed by atoms with Gasteiger partial charge in [0, 0.05) is 11.8 Å². The molecule has 0 spiro atoms. The maximum atomic E-state index is 11.9. The Balaban J connectivity index is 0.00000156. The van der Waals surface area contributed by atoms with Gasteiger partial charge in [-0.05, 0) is 80.1 Å². The molecule has 4 aliphatic carbocycles. The third-order valence-electron chi connectivity index (χ3n) is 8.44. The van der Waals surface area contributed by atoms with E-state index in [0.717, 1.165) is 30.6 Å². The standard InChI is InChI=1S/C20H30O2.CH4/c1-13-3-6-17-16-5-4-14-11-15(22)7-10-20(14,12-21)18(16)8-9-19(13,17)2;/h11,13,16-18,21H,3-10,12H2,1-2H3;1H4/t13-,16?,17?,18?,19+,20+;/m0./s1. The van der Waals surface area contributed by atoms with Crippen LogP contribution in [-0.2, 0) is 4.79 Å². The van der Waals surface area contributed by atoms with Crippen molar-refractivity contribution in [2.45, 2.75) is 72.6 Å². The van der Waals surface area contributed by atoms with Crippen molar-refractivity contribution < 1.29 is 9.90 Å². The fraction of sp³-hybridized carbons (Fsp3) is 0.857. The lowest BCUT2D eigenvalue weighted by Gasteiger charge is -2.58. The molecule has 6 atom stereocenters. The smallest absolute Gasteiger partial charge is 0.155 e. The van der Waals surface area contributed by atoms with Crippen molar-refractivity contribution in [2.75, 3.05) is 6.61 Å². The minimum atomic E-state index is -0.0516. The van der Waals surface area contributed by atoms with Crippen molar-refractivity contribution in [3.05, 3.63) is 11.6 Å². The summed E-state index contributed by atoms with van der Waals surface area (Å²) < 4.78 is 0. The highest BCUT2D eigenvalue weighted by molar-refractivity contribution is 5.91. The van der Waals surface area contributed by atoms with Gasteiger partial charge in [0.15, 0.2) is 5.78 Å². The van der Waals surface area contributed by atoms with Crippen LogP contribution in [0.4, 0.5) is 0 Å². The molecule has 0 radical (unpaired) electrons. The summed E-state index contributed by atoms with van der Waals surface area (Å²) in [6.07, 6.45) is 11.1. The van der Waals surface area contributed by atoms with Gasteiger partial charge < -0.3 is 5.11 Å². The first kappa shape index (κ1) is 17.2. The molecule has 3 saturated carbocycles. The van der Waals surface area contributed by atoms with E-state index in [9.17, 15) is 9.90 Å². The first-order valence-electron chi connectivity index (χ1n) is 9.36. The molecule has 0 aromatic rings. The average Bonchev–Trinajstić information content (AvgIpc) is 2.82. The van der Waals surface area contributed by atoms with Gasteiger partial charge in [-0.3, -0.25) is 4.79 Å². The number of hydrogen-bond donors (Lipinski definition) is 1. The molecule has 2 heteroatoms. The second-order valence-corrected chi connectivity index (χ2v) is 8.89. The molecule has 0 aliphatic heterocycles. The van der Waals surface area contributed by atoms with Gasteiger partial charge in [-0.15, -0.1) is 0 Å². The summed E-state index contributed by atoms with van der Waals surface area (Å²) in [5.74, 6) is 3.39. The van der Waals surface area contributed by atoms with Gasteiger partial charge in [0.1, 0.15) is 0 Å². The van der Waals surface area contributed by atoms with Crippen LogP contribution < -0.4 is 0 Å². The van der Waals surface area contributed by atoms with E-state index in [-0.39, 0.29) is 25.2 Å². The molecule has 0 saturated heterocycles. The average molecular weight is 319 g/mol. The molecule has 0 amide bonds. The second kappa shape index (κ2) is 5.72. The van der Waals surface area contributed by atoms with E-state index in [2.05, 4.69) is 13.8 Å². The zero-order chi connectivity index (χ0) is 15.5. The Kier molecular flexibility index (Phi) is 4.28.